The average Bonchev–Trinajstić information content (AvgIpc) is 3.45. The Hall–Kier alpha value is -4.52. The van der Waals surface area contributed by atoms with Gasteiger partial charge >= 0.3 is 6.18 Å². The molecule has 196 valence electrons. The molecule has 0 atom stereocenters. The lowest BCUT2D eigenvalue weighted by atomic mass is 10.1. The first kappa shape index (κ1) is 25.1. The topological polar surface area (TPSA) is 113 Å². The van der Waals surface area contributed by atoms with Crippen LogP contribution in [0.4, 0.5) is 36.4 Å². The molecule has 1 saturated heterocycles. The van der Waals surface area contributed by atoms with Crippen molar-refractivity contribution in [2.24, 2.45) is 0 Å². The SMILES string of the molecule is Cc1ccc(C(=O)Nc2cccc(C(F)(F)F)c2)cc1Nc1nc(N2CCNCC2)nc(-n2ccnc2)n1. The van der Waals surface area contributed by atoms with Gasteiger partial charge in [0.25, 0.3) is 5.91 Å². The molecular weight excluding hydrogens is 499 g/mol. The Morgan fingerprint density at radius 1 is 1.03 bits per heavy atom. The molecular formula is C25H24F3N9O. The maximum atomic E-state index is 13.0. The van der Waals surface area contributed by atoms with E-state index in [1.54, 1.807) is 41.5 Å². The number of carbonyl (C=O) groups excluding carboxylic acids is 1. The number of amides is 1. The number of nitrogens with zero attached hydrogens (tertiary/aromatic N) is 6. The number of hydrogen-bond donors (Lipinski definition) is 3. The summed E-state index contributed by atoms with van der Waals surface area (Å²) >= 11 is 0. The first-order valence-corrected chi connectivity index (χ1v) is 11.8. The second kappa shape index (κ2) is 10.5. The van der Waals surface area contributed by atoms with Gasteiger partial charge in [0.2, 0.25) is 17.8 Å². The largest absolute Gasteiger partial charge is 0.416 e. The zero-order valence-electron chi connectivity index (χ0n) is 20.3. The lowest BCUT2D eigenvalue weighted by Gasteiger charge is -2.27. The van der Waals surface area contributed by atoms with Crippen molar-refractivity contribution in [2.75, 3.05) is 41.7 Å². The number of benzene rings is 2. The zero-order valence-corrected chi connectivity index (χ0v) is 20.3. The molecule has 3 N–H and O–H groups in total. The maximum Gasteiger partial charge on any atom is 0.416 e. The molecule has 0 unspecified atom stereocenters. The summed E-state index contributed by atoms with van der Waals surface area (Å²) in [4.78, 5) is 32.7. The normalized spacial score (nSPS) is 13.8. The summed E-state index contributed by atoms with van der Waals surface area (Å²) in [7, 11) is 0. The fourth-order valence-corrected chi connectivity index (χ4v) is 3.90. The number of hydrogen-bond acceptors (Lipinski definition) is 8. The number of alkyl halides is 3. The van der Waals surface area contributed by atoms with Gasteiger partial charge in [-0.2, -0.15) is 28.1 Å². The van der Waals surface area contributed by atoms with E-state index in [9.17, 15) is 18.0 Å². The molecule has 0 aliphatic carbocycles. The molecule has 13 heteroatoms. The van der Waals surface area contributed by atoms with Crippen LogP contribution in [-0.2, 0) is 6.18 Å². The molecule has 1 aliphatic rings. The summed E-state index contributed by atoms with van der Waals surface area (Å²) in [6, 6.07) is 9.42. The number of nitrogens with one attached hydrogen (secondary N) is 3. The van der Waals surface area contributed by atoms with Gasteiger partial charge in [-0.1, -0.05) is 12.1 Å². The first-order chi connectivity index (χ1) is 18.3. The van der Waals surface area contributed by atoms with Gasteiger partial charge in [-0.25, -0.2) is 4.98 Å². The minimum absolute atomic E-state index is 0.0445. The summed E-state index contributed by atoms with van der Waals surface area (Å²) in [5.41, 5.74) is 0.833. The van der Waals surface area contributed by atoms with Crippen LogP contribution in [0.15, 0.2) is 61.2 Å². The Labute approximate surface area is 216 Å². The van der Waals surface area contributed by atoms with Crippen molar-refractivity contribution >= 4 is 29.2 Å². The zero-order chi connectivity index (χ0) is 26.7. The number of anilines is 4. The van der Waals surface area contributed by atoms with E-state index in [0.717, 1.165) is 43.9 Å². The number of rotatable bonds is 6. The van der Waals surface area contributed by atoms with Crippen LogP contribution in [-0.4, -0.2) is 56.6 Å². The third-order valence-corrected chi connectivity index (χ3v) is 5.94. The van der Waals surface area contributed by atoms with Crippen molar-refractivity contribution in [3.63, 3.8) is 0 Å². The van der Waals surface area contributed by atoms with Crippen molar-refractivity contribution in [3.8, 4) is 5.95 Å². The fourth-order valence-electron chi connectivity index (χ4n) is 3.90. The van der Waals surface area contributed by atoms with Crippen LogP contribution < -0.4 is 20.9 Å². The molecule has 0 saturated carbocycles. The lowest BCUT2D eigenvalue weighted by molar-refractivity contribution is -0.137. The monoisotopic (exact) mass is 523 g/mol. The van der Waals surface area contributed by atoms with Crippen LogP contribution in [0.3, 0.4) is 0 Å². The Morgan fingerprint density at radius 2 is 1.82 bits per heavy atom. The van der Waals surface area contributed by atoms with Gasteiger partial charge in [0.1, 0.15) is 6.33 Å². The number of aromatic nitrogens is 5. The van der Waals surface area contributed by atoms with Crippen molar-refractivity contribution in [1.82, 2.24) is 29.8 Å². The first-order valence-electron chi connectivity index (χ1n) is 11.8. The maximum absolute atomic E-state index is 13.0. The van der Waals surface area contributed by atoms with E-state index < -0.39 is 17.6 Å². The third-order valence-electron chi connectivity index (χ3n) is 5.94. The minimum Gasteiger partial charge on any atom is -0.338 e. The number of carbonyl (C=O) groups is 1. The molecule has 0 bridgehead atoms. The quantitative estimate of drug-likeness (QED) is 0.350. The number of halogens is 3. The highest BCUT2D eigenvalue weighted by atomic mass is 19.4. The van der Waals surface area contributed by atoms with Crippen LogP contribution in [0.2, 0.25) is 0 Å². The summed E-state index contributed by atoms with van der Waals surface area (Å²) in [6.45, 7) is 4.92. The van der Waals surface area contributed by atoms with Gasteiger partial charge in [0.05, 0.1) is 5.56 Å². The van der Waals surface area contributed by atoms with Gasteiger partial charge in [-0.05, 0) is 42.8 Å². The highest BCUT2D eigenvalue weighted by molar-refractivity contribution is 6.05. The second-order valence-corrected chi connectivity index (χ2v) is 8.65. The van der Waals surface area contributed by atoms with Crippen molar-refractivity contribution in [3.05, 3.63) is 77.9 Å². The summed E-state index contributed by atoms with van der Waals surface area (Å²) < 4.78 is 40.8. The van der Waals surface area contributed by atoms with Crippen LogP contribution in [0.25, 0.3) is 5.95 Å². The van der Waals surface area contributed by atoms with Crippen LogP contribution in [0, 0.1) is 6.92 Å². The van der Waals surface area contributed by atoms with Crippen molar-refractivity contribution < 1.29 is 18.0 Å². The molecule has 1 aliphatic heterocycles. The van der Waals surface area contributed by atoms with E-state index in [2.05, 4.69) is 40.8 Å². The van der Waals surface area contributed by atoms with E-state index in [4.69, 9.17) is 0 Å². The van der Waals surface area contributed by atoms with E-state index in [-0.39, 0.29) is 17.2 Å². The van der Waals surface area contributed by atoms with Gasteiger partial charge in [0, 0.05) is 55.5 Å². The number of imidazole rings is 1. The number of aryl methyl sites for hydroxylation is 1. The van der Waals surface area contributed by atoms with Crippen LogP contribution >= 0.6 is 0 Å². The summed E-state index contributed by atoms with van der Waals surface area (Å²) in [6.07, 6.45) is 0.429. The number of piperazine rings is 1. The molecule has 0 radical (unpaired) electrons. The van der Waals surface area contributed by atoms with Crippen molar-refractivity contribution in [2.45, 2.75) is 13.1 Å². The lowest BCUT2D eigenvalue weighted by Crippen LogP contribution is -2.44. The van der Waals surface area contributed by atoms with Crippen LogP contribution in [0.1, 0.15) is 21.5 Å². The Kier molecular flexibility index (Phi) is 6.92. The van der Waals surface area contributed by atoms with Gasteiger partial charge < -0.3 is 20.9 Å². The van der Waals surface area contributed by atoms with E-state index >= 15 is 0 Å². The van der Waals surface area contributed by atoms with Crippen LogP contribution in [0.5, 0.6) is 0 Å². The highest BCUT2D eigenvalue weighted by Crippen LogP contribution is 2.31. The molecule has 1 amide bonds. The third kappa shape index (κ3) is 5.72. The minimum atomic E-state index is -4.51. The summed E-state index contributed by atoms with van der Waals surface area (Å²) in [5.74, 6) is 0.604. The molecule has 5 rings (SSSR count). The van der Waals surface area contributed by atoms with Gasteiger partial charge in [-0.15, -0.1) is 0 Å². The van der Waals surface area contributed by atoms with E-state index in [0.29, 0.717) is 17.6 Å². The Morgan fingerprint density at radius 3 is 2.55 bits per heavy atom. The molecule has 2 aromatic carbocycles. The smallest absolute Gasteiger partial charge is 0.338 e. The standard InChI is InChI=1S/C25H24F3N9O/c1-16-5-6-17(21(38)31-19-4-2-3-18(14-19)25(26,27)28)13-20(16)32-22-33-23(36-10-7-29-8-11-36)35-24(34-22)37-12-9-30-15-37/h2-6,9,12-15,29H,7-8,10-11H2,1H3,(H,31,38)(H,32,33,34,35). The van der Waals surface area contributed by atoms with E-state index in [1.807, 2.05) is 6.92 Å². The molecule has 38 heavy (non-hydrogen) atoms. The predicted molar refractivity (Wildman–Crippen MR) is 136 cm³/mol. The molecule has 0 spiro atoms. The Bertz CT molecular complexity index is 1430. The molecule has 10 nitrogen and oxygen atoms in total. The van der Waals surface area contributed by atoms with Gasteiger partial charge in [0.15, 0.2) is 0 Å². The average molecular weight is 524 g/mol. The molecule has 4 aromatic rings. The Balaban J connectivity index is 1.41. The van der Waals surface area contributed by atoms with Gasteiger partial charge in [-0.3, -0.25) is 9.36 Å². The van der Waals surface area contributed by atoms with E-state index in [1.165, 1.54) is 12.1 Å². The molecule has 3 heterocycles. The fraction of sp³-hybridized carbons (Fsp3) is 0.240. The molecule has 2 aromatic heterocycles. The van der Waals surface area contributed by atoms with Crippen molar-refractivity contribution in [1.29, 1.82) is 0 Å². The second-order valence-electron chi connectivity index (χ2n) is 8.65. The molecule has 1 fully saturated rings. The highest BCUT2D eigenvalue weighted by Gasteiger charge is 2.30. The predicted octanol–water partition coefficient (Wildman–Crippen LogP) is 3.79. The summed E-state index contributed by atoms with van der Waals surface area (Å²) in [5, 5.41) is 9.00.